The first kappa shape index (κ1) is 8.10. The highest BCUT2D eigenvalue weighted by atomic mass is 16.5. The summed E-state index contributed by atoms with van der Waals surface area (Å²) in [7, 11) is 0. The standard InChI is InChI=1S/C10H11NO2/c1-7-6-13-9-5-3-2-4-8(9)10(7)11-12/h2-5,7,12H,6H2,1H3/t7-/m1/s1. The van der Waals surface area contributed by atoms with Gasteiger partial charge in [-0.25, -0.2) is 0 Å². The largest absolute Gasteiger partial charge is 0.492 e. The summed E-state index contributed by atoms with van der Waals surface area (Å²) in [4.78, 5) is 0. The molecule has 1 aliphatic rings. The van der Waals surface area contributed by atoms with E-state index < -0.39 is 0 Å². The maximum atomic E-state index is 8.84. The molecule has 1 N–H and O–H groups in total. The minimum Gasteiger partial charge on any atom is -0.492 e. The third-order valence-corrected chi connectivity index (χ3v) is 2.23. The van der Waals surface area contributed by atoms with Crippen molar-refractivity contribution in [1.82, 2.24) is 0 Å². The average Bonchev–Trinajstić information content (AvgIpc) is 2.18. The molecule has 0 saturated carbocycles. The second-order valence-electron chi connectivity index (χ2n) is 3.19. The molecule has 3 nitrogen and oxygen atoms in total. The molecule has 13 heavy (non-hydrogen) atoms. The van der Waals surface area contributed by atoms with E-state index in [0.29, 0.717) is 12.3 Å². The Morgan fingerprint density at radius 3 is 3.00 bits per heavy atom. The summed E-state index contributed by atoms with van der Waals surface area (Å²) >= 11 is 0. The van der Waals surface area contributed by atoms with E-state index in [9.17, 15) is 0 Å². The minimum absolute atomic E-state index is 0.153. The summed E-state index contributed by atoms with van der Waals surface area (Å²) in [5.41, 5.74) is 1.60. The molecule has 0 saturated heterocycles. The lowest BCUT2D eigenvalue weighted by molar-refractivity contribution is 0.268. The molecule has 3 heteroatoms. The van der Waals surface area contributed by atoms with Crippen molar-refractivity contribution in [2.24, 2.45) is 11.1 Å². The highest BCUT2D eigenvalue weighted by Gasteiger charge is 2.23. The van der Waals surface area contributed by atoms with Crippen LogP contribution in [0.5, 0.6) is 5.75 Å². The van der Waals surface area contributed by atoms with Gasteiger partial charge < -0.3 is 9.94 Å². The van der Waals surface area contributed by atoms with Crippen molar-refractivity contribution in [3.63, 3.8) is 0 Å². The lowest BCUT2D eigenvalue weighted by atomic mass is 9.96. The van der Waals surface area contributed by atoms with Crippen molar-refractivity contribution in [1.29, 1.82) is 0 Å². The van der Waals surface area contributed by atoms with Crippen LogP contribution in [-0.4, -0.2) is 17.5 Å². The Morgan fingerprint density at radius 2 is 2.23 bits per heavy atom. The molecule has 1 aromatic rings. The second-order valence-corrected chi connectivity index (χ2v) is 3.19. The van der Waals surface area contributed by atoms with E-state index >= 15 is 0 Å². The van der Waals surface area contributed by atoms with E-state index in [0.717, 1.165) is 11.3 Å². The molecular formula is C10H11NO2. The number of hydrogen-bond donors (Lipinski definition) is 1. The fourth-order valence-corrected chi connectivity index (χ4v) is 1.52. The van der Waals surface area contributed by atoms with Gasteiger partial charge in [-0.3, -0.25) is 0 Å². The van der Waals surface area contributed by atoms with Crippen LogP contribution in [-0.2, 0) is 0 Å². The topological polar surface area (TPSA) is 41.8 Å². The van der Waals surface area contributed by atoms with Gasteiger partial charge in [-0.1, -0.05) is 24.2 Å². The Morgan fingerprint density at radius 1 is 1.46 bits per heavy atom. The first-order chi connectivity index (χ1) is 6.33. The zero-order valence-electron chi connectivity index (χ0n) is 7.40. The quantitative estimate of drug-likeness (QED) is 0.485. The fraction of sp³-hybridized carbons (Fsp3) is 0.300. The van der Waals surface area contributed by atoms with E-state index in [-0.39, 0.29) is 5.92 Å². The van der Waals surface area contributed by atoms with Gasteiger partial charge in [0.15, 0.2) is 0 Å². The number of ether oxygens (including phenoxy) is 1. The molecule has 0 aliphatic carbocycles. The van der Waals surface area contributed by atoms with Crippen LogP contribution in [0.3, 0.4) is 0 Å². The summed E-state index contributed by atoms with van der Waals surface area (Å²) in [5, 5.41) is 12.1. The number of benzene rings is 1. The maximum Gasteiger partial charge on any atom is 0.128 e. The van der Waals surface area contributed by atoms with Gasteiger partial charge in [-0.15, -0.1) is 0 Å². The molecule has 0 radical (unpaired) electrons. The Labute approximate surface area is 76.6 Å². The highest BCUT2D eigenvalue weighted by Crippen LogP contribution is 2.26. The van der Waals surface area contributed by atoms with E-state index in [2.05, 4.69) is 5.16 Å². The molecule has 0 fully saturated rings. The monoisotopic (exact) mass is 177 g/mol. The fourth-order valence-electron chi connectivity index (χ4n) is 1.52. The predicted molar refractivity (Wildman–Crippen MR) is 49.4 cm³/mol. The van der Waals surface area contributed by atoms with Crippen LogP contribution in [0, 0.1) is 5.92 Å². The lowest BCUT2D eigenvalue weighted by Crippen LogP contribution is -2.25. The first-order valence-electron chi connectivity index (χ1n) is 4.27. The predicted octanol–water partition coefficient (Wildman–Crippen LogP) is 1.89. The summed E-state index contributed by atoms with van der Waals surface area (Å²) in [6.07, 6.45) is 0. The van der Waals surface area contributed by atoms with Crippen molar-refractivity contribution < 1.29 is 9.94 Å². The summed E-state index contributed by atoms with van der Waals surface area (Å²) in [5.74, 6) is 0.952. The molecule has 0 bridgehead atoms. The molecule has 0 unspecified atom stereocenters. The number of hydrogen-bond acceptors (Lipinski definition) is 3. The molecule has 1 atom stereocenters. The maximum absolute atomic E-state index is 8.84. The van der Waals surface area contributed by atoms with Crippen molar-refractivity contribution in [2.75, 3.05) is 6.61 Å². The van der Waals surface area contributed by atoms with Crippen LogP contribution >= 0.6 is 0 Å². The average molecular weight is 177 g/mol. The summed E-state index contributed by atoms with van der Waals surface area (Å²) in [6.45, 7) is 2.56. The zero-order valence-corrected chi connectivity index (χ0v) is 7.40. The first-order valence-corrected chi connectivity index (χ1v) is 4.27. The molecule has 0 amide bonds. The Balaban J connectivity index is 2.52. The lowest BCUT2D eigenvalue weighted by Gasteiger charge is -2.22. The third kappa shape index (κ3) is 1.26. The van der Waals surface area contributed by atoms with Crippen molar-refractivity contribution in [3.8, 4) is 5.75 Å². The number of fused-ring (bicyclic) bond motifs is 1. The Bertz CT molecular complexity index is 347. The van der Waals surface area contributed by atoms with Gasteiger partial charge >= 0.3 is 0 Å². The number of nitrogens with zero attached hydrogens (tertiary/aromatic N) is 1. The zero-order chi connectivity index (χ0) is 9.26. The van der Waals surface area contributed by atoms with Crippen LogP contribution < -0.4 is 4.74 Å². The Kier molecular flexibility index (Phi) is 1.93. The van der Waals surface area contributed by atoms with Crippen LogP contribution in [0.15, 0.2) is 29.4 Å². The van der Waals surface area contributed by atoms with Gasteiger partial charge in [0, 0.05) is 11.5 Å². The molecule has 0 aromatic heterocycles. The van der Waals surface area contributed by atoms with E-state index in [1.165, 1.54) is 0 Å². The molecule has 0 spiro atoms. The van der Waals surface area contributed by atoms with Crippen molar-refractivity contribution >= 4 is 5.71 Å². The van der Waals surface area contributed by atoms with E-state index in [4.69, 9.17) is 9.94 Å². The SMILES string of the molecule is C[C@@H]1COc2ccccc2C1=NO. The van der Waals surface area contributed by atoms with Gasteiger partial charge in [0.05, 0.1) is 12.3 Å². The second kappa shape index (κ2) is 3.09. The van der Waals surface area contributed by atoms with Crippen molar-refractivity contribution in [3.05, 3.63) is 29.8 Å². The normalized spacial score (nSPS) is 23.8. The van der Waals surface area contributed by atoms with E-state index in [1.807, 2.05) is 31.2 Å². The summed E-state index contributed by atoms with van der Waals surface area (Å²) in [6, 6.07) is 7.60. The number of para-hydroxylation sites is 1. The molecular weight excluding hydrogens is 166 g/mol. The molecule has 1 aromatic carbocycles. The number of rotatable bonds is 0. The summed E-state index contributed by atoms with van der Waals surface area (Å²) < 4.78 is 5.48. The van der Waals surface area contributed by atoms with Crippen LogP contribution in [0.4, 0.5) is 0 Å². The van der Waals surface area contributed by atoms with Gasteiger partial charge in [-0.2, -0.15) is 0 Å². The number of oxime groups is 1. The van der Waals surface area contributed by atoms with E-state index in [1.54, 1.807) is 0 Å². The van der Waals surface area contributed by atoms with Crippen LogP contribution in [0.1, 0.15) is 12.5 Å². The van der Waals surface area contributed by atoms with Crippen molar-refractivity contribution in [2.45, 2.75) is 6.92 Å². The third-order valence-electron chi connectivity index (χ3n) is 2.23. The van der Waals surface area contributed by atoms with Crippen LogP contribution in [0.25, 0.3) is 0 Å². The van der Waals surface area contributed by atoms with Crippen LogP contribution in [0.2, 0.25) is 0 Å². The molecule has 1 heterocycles. The molecule has 68 valence electrons. The van der Waals surface area contributed by atoms with Gasteiger partial charge in [0.2, 0.25) is 0 Å². The van der Waals surface area contributed by atoms with Gasteiger partial charge in [-0.05, 0) is 12.1 Å². The van der Waals surface area contributed by atoms with Gasteiger partial charge in [0.1, 0.15) is 5.75 Å². The minimum atomic E-state index is 0.153. The molecule has 1 aliphatic heterocycles. The highest BCUT2D eigenvalue weighted by molar-refractivity contribution is 6.04. The molecule has 2 rings (SSSR count). The smallest absolute Gasteiger partial charge is 0.128 e. The van der Waals surface area contributed by atoms with Gasteiger partial charge in [0.25, 0.3) is 0 Å². The Hall–Kier alpha value is -1.51.